The number of hydrogen-bond donors (Lipinski definition) is 0. The van der Waals surface area contributed by atoms with Crippen molar-refractivity contribution in [2.24, 2.45) is 5.92 Å². The SMILES string of the molecule is O=C([O-])C1CCN(c2nc3ccccc3o2)CC1. The van der Waals surface area contributed by atoms with Crippen molar-refractivity contribution in [1.82, 2.24) is 4.98 Å². The Kier molecular flexibility index (Phi) is 2.66. The molecule has 0 spiro atoms. The second-order valence-corrected chi connectivity index (χ2v) is 4.54. The Balaban J connectivity index is 1.78. The van der Waals surface area contributed by atoms with Gasteiger partial charge < -0.3 is 19.2 Å². The van der Waals surface area contributed by atoms with Gasteiger partial charge in [-0.25, -0.2) is 0 Å². The Morgan fingerprint density at radius 2 is 2.06 bits per heavy atom. The van der Waals surface area contributed by atoms with Crippen LogP contribution in [-0.4, -0.2) is 24.0 Å². The molecule has 18 heavy (non-hydrogen) atoms. The summed E-state index contributed by atoms with van der Waals surface area (Å²) in [6.07, 6.45) is 1.17. The molecule has 1 saturated heterocycles. The highest BCUT2D eigenvalue weighted by molar-refractivity contribution is 5.74. The maximum absolute atomic E-state index is 10.8. The summed E-state index contributed by atoms with van der Waals surface area (Å²) in [5, 5.41) is 10.8. The maximum Gasteiger partial charge on any atom is 0.298 e. The normalized spacial score (nSPS) is 17.2. The summed E-state index contributed by atoms with van der Waals surface area (Å²) in [7, 11) is 0. The second kappa shape index (κ2) is 4.33. The lowest BCUT2D eigenvalue weighted by atomic mass is 9.97. The third-order valence-electron chi connectivity index (χ3n) is 3.38. The molecule has 0 aliphatic carbocycles. The van der Waals surface area contributed by atoms with Gasteiger partial charge in [-0.15, -0.1) is 0 Å². The molecule has 1 aliphatic heterocycles. The van der Waals surface area contributed by atoms with Crippen LogP contribution in [0.15, 0.2) is 28.7 Å². The first-order chi connectivity index (χ1) is 8.74. The van der Waals surface area contributed by atoms with Gasteiger partial charge in [0.25, 0.3) is 6.01 Å². The van der Waals surface area contributed by atoms with E-state index in [1.165, 1.54) is 0 Å². The largest absolute Gasteiger partial charge is 0.550 e. The van der Waals surface area contributed by atoms with E-state index in [2.05, 4.69) is 4.98 Å². The Morgan fingerprint density at radius 3 is 2.72 bits per heavy atom. The Morgan fingerprint density at radius 1 is 1.33 bits per heavy atom. The summed E-state index contributed by atoms with van der Waals surface area (Å²) in [4.78, 5) is 17.2. The minimum absolute atomic E-state index is 0.342. The minimum Gasteiger partial charge on any atom is -0.550 e. The monoisotopic (exact) mass is 245 g/mol. The number of para-hydroxylation sites is 2. The number of anilines is 1. The van der Waals surface area contributed by atoms with Gasteiger partial charge in [0.1, 0.15) is 5.52 Å². The van der Waals surface area contributed by atoms with Crippen LogP contribution in [0.5, 0.6) is 0 Å². The Hall–Kier alpha value is -2.04. The van der Waals surface area contributed by atoms with Crippen molar-refractivity contribution in [3.05, 3.63) is 24.3 Å². The van der Waals surface area contributed by atoms with E-state index in [0.717, 1.165) is 11.1 Å². The molecule has 0 atom stereocenters. The van der Waals surface area contributed by atoms with Crippen LogP contribution in [0.4, 0.5) is 6.01 Å². The fraction of sp³-hybridized carbons (Fsp3) is 0.385. The molecule has 2 heterocycles. The molecule has 1 aromatic heterocycles. The lowest BCUT2D eigenvalue weighted by molar-refractivity contribution is -0.312. The predicted octanol–water partition coefficient (Wildman–Crippen LogP) is 0.794. The molecule has 3 rings (SSSR count). The Bertz CT molecular complexity index is 537. The summed E-state index contributed by atoms with van der Waals surface area (Å²) in [6, 6.07) is 8.17. The highest BCUT2D eigenvalue weighted by atomic mass is 16.4. The number of carbonyl (C=O) groups excluding carboxylic acids is 1. The van der Waals surface area contributed by atoms with Gasteiger partial charge in [-0.2, -0.15) is 4.98 Å². The summed E-state index contributed by atoms with van der Waals surface area (Å²) in [5.41, 5.74) is 1.59. The lowest BCUT2D eigenvalue weighted by Gasteiger charge is -2.31. The van der Waals surface area contributed by atoms with Crippen molar-refractivity contribution >= 4 is 23.1 Å². The summed E-state index contributed by atoms with van der Waals surface area (Å²) >= 11 is 0. The zero-order chi connectivity index (χ0) is 12.5. The minimum atomic E-state index is -0.952. The van der Waals surface area contributed by atoms with Gasteiger partial charge in [0, 0.05) is 25.0 Å². The molecule has 5 heteroatoms. The number of carboxylic acid groups (broad SMARTS) is 1. The molecule has 1 aromatic carbocycles. The molecule has 2 aromatic rings. The molecule has 94 valence electrons. The first-order valence-electron chi connectivity index (χ1n) is 6.05. The van der Waals surface area contributed by atoms with Crippen LogP contribution < -0.4 is 10.0 Å². The van der Waals surface area contributed by atoms with Gasteiger partial charge in [0.15, 0.2) is 5.58 Å². The van der Waals surface area contributed by atoms with Crippen LogP contribution in [0.2, 0.25) is 0 Å². The third-order valence-corrected chi connectivity index (χ3v) is 3.38. The average Bonchev–Trinajstić information content (AvgIpc) is 2.82. The average molecular weight is 245 g/mol. The van der Waals surface area contributed by atoms with Gasteiger partial charge in [-0.1, -0.05) is 12.1 Å². The number of nitrogens with zero attached hydrogens (tertiary/aromatic N) is 2. The van der Waals surface area contributed by atoms with E-state index in [1.54, 1.807) is 0 Å². The topological polar surface area (TPSA) is 69.4 Å². The van der Waals surface area contributed by atoms with Gasteiger partial charge in [0.2, 0.25) is 0 Å². The number of oxazole rings is 1. The van der Waals surface area contributed by atoms with E-state index in [-0.39, 0.29) is 5.92 Å². The second-order valence-electron chi connectivity index (χ2n) is 4.54. The van der Waals surface area contributed by atoms with E-state index in [0.29, 0.717) is 31.9 Å². The quantitative estimate of drug-likeness (QED) is 0.782. The fourth-order valence-electron chi connectivity index (χ4n) is 2.30. The molecule has 1 fully saturated rings. The van der Waals surface area contributed by atoms with Crippen molar-refractivity contribution in [1.29, 1.82) is 0 Å². The van der Waals surface area contributed by atoms with Crippen LogP contribution in [-0.2, 0) is 4.79 Å². The highest BCUT2D eigenvalue weighted by Crippen LogP contribution is 2.25. The summed E-state index contributed by atoms with van der Waals surface area (Å²) in [5.74, 6) is -1.29. The smallest absolute Gasteiger partial charge is 0.298 e. The van der Waals surface area contributed by atoms with Crippen molar-refractivity contribution in [2.75, 3.05) is 18.0 Å². The van der Waals surface area contributed by atoms with Crippen molar-refractivity contribution in [3.63, 3.8) is 0 Å². The summed E-state index contributed by atoms with van der Waals surface area (Å²) in [6.45, 7) is 1.29. The molecule has 0 bridgehead atoms. The van der Waals surface area contributed by atoms with E-state index in [1.807, 2.05) is 29.2 Å². The van der Waals surface area contributed by atoms with Crippen LogP contribution in [0.25, 0.3) is 11.1 Å². The van der Waals surface area contributed by atoms with Crippen molar-refractivity contribution in [3.8, 4) is 0 Å². The number of piperidine rings is 1. The van der Waals surface area contributed by atoms with Gasteiger partial charge >= 0.3 is 0 Å². The maximum atomic E-state index is 10.8. The number of aliphatic carboxylic acids is 1. The molecule has 0 saturated carbocycles. The third kappa shape index (κ3) is 1.92. The molecule has 5 nitrogen and oxygen atoms in total. The van der Waals surface area contributed by atoms with Gasteiger partial charge in [0.05, 0.1) is 0 Å². The van der Waals surface area contributed by atoms with Gasteiger partial charge in [-0.05, 0) is 25.0 Å². The van der Waals surface area contributed by atoms with Crippen LogP contribution in [0.3, 0.4) is 0 Å². The highest BCUT2D eigenvalue weighted by Gasteiger charge is 2.23. The molecule has 0 radical (unpaired) electrons. The lowest BCUT2D eigenvalue weighted by Crippen LogP contribution is -2.41. The number of hydrogen-bond acceptors (Lipinski definition) is 5. The number of aromatic nitrogens is 1. The summed E-state index contributed by atoms with van der Waals surface area (Å²) < 4.78 is 5.65. The first kappa shape index (κ1) is 11.1. The number of rotatable bonds is 2. The number of benzene rings is 1. The van der Waals surface area contributed by atoms with E-state index < -0.39 is 5.97 Å². The zero-order valence-corrected chi connectivity index (χ0v) is 9.83. The van der Waals surface area contributed by atoms with Crippen LogP contribution in [0.1, 0.15) is 12.8 Å². The fourth-order valence-corrected chi connectivity index (χ4v) is 2.30. The number of fused-ring (bicyclic) bond motifs is 1. The molecule has 0 amide bonds. The van der Waals surface area contributed by atoms with E-state index >= 15 is 0 Å². The predicted molar refractivity (Wildman–Crippen MR) is 64.0 cm³/mol. The standard InChI is InChI=1S/C13H14N2O3/c16-12(17)9-5-7-15(8-6-9)13-14-10-3-1-2-4-11(10)18-13/h1-4,9H,5-8H2,(H,16,17)/p-1. The van der Waals surface area contributed by atoms with Crippen molar-refractivity contribution < 1.29 is 14.3 Å². The van der Waals surface area contributed by atoms with Crippen molar-refractivity contribution in [2.45, 2.75) is 12.8 Å². The molecular formula is C13H13N2O3-. The van der Waals surface area contributed by atoms with E-state index in [9.17, 15) is 9.90 Å². The first-order valence-corrected chi connectivity index (χ1v) is 6.05. The molecule has 1 aliphatic rings. The number of carbonyl (C=O) groups is 1. The van der Waals surface area contributed by atoms with Crippen LogP contribution >= 0.6 is 0 Å². The molecule has 0 N–H and O–H groups in total. The molecule has 0 unspecified atom stereocenters. The zero-order valence-electron chi connectivity index (χ0n) is 9.83. The number of carboxylic acids is 1. The Labute approximate surface area is 104 Å². The molecular weight excluding hydrogens is 232 g/mol. The van der Waals surface area contributed by atoms with E-state index in [4.69, 9.17) is 4.42 Å². The van der Waals surface area contributed by atoms with Crippen LogP contribution in [0, 0.1) is 5.92 Å². The van der Waals surface area contributed by atoms with Gasteiger partial charge in [-0.3, -0.25) is 0 Å².